The quantitative estimate of drug-likeness (QED) is 0.594. The van der Waals surface area contributed by atoms with Gasteiger partial charge in [0.2, 0.25) is 0 Å². The van der Waals surface area contributed by atoms with Gasteiger partial charge in [-0.1, -0.05) is 81.5 Å². The Hall–Kier alpha value is -2.08. The van der Waals surface area contributed by atoms with E-state index in [1.165, 1.54) is 33.4 Å². The maximum Gasteiger partial charge on any atom is 0.0352 e. The van der Waals surface area contributed by atoms with Gasteiger partial charge in [-0.3, -0.25) is 0 Å². The summed E-state index contributed by atoms with van der Waals surface area (Å²) in [5, 5.41) is 0. The molecule has 2 aromatic carbocycles. The van der Waals surface area contributed by atoms with Gasteiger partial charge in [0.15, 0.2) is 0 Å². The predicted molar refractivity (Wildman–Crippen MR) is 94.0 cm³/mol. The summed E-state index contributed by atoms with van der Waals surface area (Å²) < 4.78 is 0. The fourth-order valence-electron chi connectivity index (χ4n) is 4.03. The normalized spacial score (nSPS) is 17.0. The second-order valence-corrected chi connectivity index (χ2v) is 7.37. The maximum absolute atomic E-state index is 2.43. The van der Waals surface area contributed by atoms with Gasteiger partial charge in [-0.05, 0) is 45.2 Å². The molecule has 0 heterocycles. The minimum absolute atomic E-state index is 0.203. The molecule has 0 heteroatoms. The number of fused-ring (bicyclic) bond motifs is 3. The molecule has 0 amide bonds. The Bertz CT molecular complexity index is 751. The largest absolute Gasteiger partial charge is 0.0767 e. The first-order valence-corrected chi connectivity index (χ1v) is 8.16. The second kappa shape index (κ2) is 4.71. The maximum atomic E-state index is 2.43. The standard InChI is InChI=1S/C22H22/c1-22(2,3)20-14-8-13-19(20)21-17-11-6-4-9-15(17)16-10-5-7-12-18(16)21/h4-7,9-14,21H,8H2,1-3H3. The highest BCUT2D eigenvalue weighted by molar-refractivity contribution is 5.81. The molecule has 2 aliphatic carbocycles. The molecule has 2 aliphatic rings. The first-order valence-electron chi connectivity index (χ1n) is 8.16. The lowest BCUT2D eigenvalue weighted by Crippen LogP contribution is -2.14. The predicted octanol–water partition coefficient (Wildman–Crippen LogP) is 6.10. The first-order chi connectivity index (χ1) is 10.6. The van der Waals surface area contributed by atoms with E-state index in [-0.39, 0.29) is 5.41 Å². The number of allylic oxidation sites excluding steroid dienone is 4. The van der Waals surface area contributed by atoms with Crippen molar-refractivity contribution in [2.75, 3.05) is 0 Å². The molecule has 110 valence electrons. The van der Waals surface area contributed by atoms with Crippen LogP contribution in [0, 0.1) is 5.41 Å². The van der Waals surface area contributed by atoms with E-state index in [4.69, 9.17) is 0 Å². The topological polar surface area (TPSA) is 0 Å². The van der Waals surface area contributed by atoms with Crippen molar-refractivity contribution in [1.29, 1.82) is 0 Å². The molecule has 22 heavy (non-hydrogen) atoms. The summed E-state index contributed by atoms with van der Waals surface area (Å²) in [6.07, 6.45) is 5.92. The lowest BCUT2D eigenvalue weighted by molar-refractivity contribution is 0.507. The van der Waals surface area contributed by atoms with Crippen LogP contribution in [0.5, 0.6) is 0 Å². The van der Waals surface area contributed by atoms with Crippen LogP contribution in [-0.2, 0) is 0 Å². The SMILES string of the molecule is CC(C)(C)C1=CCC=C1C1c2ccccc2-c2ccccc21. The highest BCUT2D eigenvalue weighted by Crippen LogP contribution is 2.52. The lowest BCUT2D eigenvalue weighted by Gasteiger charge is -2.27. The van der Waals surface area contributed by atoms with Crippen molar-refractivity contribution >= 4 is 0 Å². The number of benzene rings is 2. The van der Waals surface area contributed by atoms with Gasteiger partial charge in [-0.15, -0.1) is 0 Å². The van der Waals surface area contributed by atoms with Crippen molar-refractivity contribution in [1.82, 2.24) is 0 Å². The van der Waals surface area contributed by atoms with Crippen molar-refractivity contribution in [2.45, 2.75) is 33.1 Å². The summed E-state index contributed by atoms with van der Waals surface area (Å²) in [5.41, 5.74) is 8.98. The number of hydrogen-bond acceptors (Lipinski definition) is 0. The molecule has 0 unspecified atom stereocenters. The van der Waals surface area contributed by atoms with Gasteiger partial charge in [0, 0.05) is 5.92 Å². The molecular weight excluding hydrogens is 264 g/mol. The van der Waals surface area contributed by atoms with Crippen molar-refractivity contribution in [3.05, 3.63) is 83.0 Å². The summed E-state index contributed by atoms with van der Waals surface area (Å²) in [5.74, 6) is 0.403. The van der Waals surface area contributed by atoms with E-state index in [1.54, 1.807) is 0 Å². The fourth-order valence-corrected chi connectivity index (χ4v) is 4.03. The molecule has 0 nitrogen and oxygen atoms in total. The molecule has 0 radical (unpaired) electrons. The summed E-state index contributed by atoms with van der Waals surface area (Å²) >= 11 is 0. The van der Waals surface area contributed by atoms with Gasteiger partial charge in [-0.2, -0.15) is 0 Å². The lowest BCUT2D eigenvalue weighted by atomic mass is 9.76. The zero-order valence-electron chi connectivity index (χ0n) is 13.6. The van der Waals surface area contributed by atoms with Crippen LogP contribution in [0.25, 0.3) is 11.1 Å². The van der Waals surface area contributed by atoms with Crippen LogP contribution in [0.4, 0.5) is 0 Å². The Morgan fingerprint density at radius 2 is 1.32 bits per heavy atom. The first kappa shape index (κ1) is 13.6. The summed E-state index contributed by atoms with van der Waals surface area (Å²) in [7, 11) is 0. The van der Waals surface area contributed by atoms with E-state index in [9.17, 15) is 0 Å². The summed E-state index contributed by atoms with van der Waals surface area (Å²) in [6.45, 7) is 6.97. The van der Waals surface area contributed by atoms with Gasteiger partial charge in [0.05, 0.1) is 0 Å². The molecule has 0 saturated carbocycles. The Labute approximate surface area is 133 Å². The monoisotopic (exact) mass is 286 g/mol. The van der Waals surface area contributed by atoms with E-state index < -0.39 is 0 Å². The van der Waals surface area contributed by atoms with Crippen molar-refractivity contribution < 1.29 is 0 Å². The van der Waals surface area contributed by atoms with Crippen LogP contribution < -0.4 is 0 Å². The Kier molecular flexibility index (Phi) is 2.91. The third-order valence-electron chi connectivity index (χ3n) is 4.92. The zero-order chi connectivity index (χ0) is 15.3. The Morgan fingerprint density at radius 3 is 1.86 bits per heavy atom. The highest BCUT2D eigenvalue weighted by atomic mass is 14.4. The van der Waals surface area contributed by atoms with Gasteiger partial charge in [0.25, 0.3) is 0 Å². The molecular formula is C22H22. The molecule has 4 rings (SSSR count). The average molecular weight is 286 g/mol. The molecule has 0 spiro atoms. The Morgan fingerprint density at radius 1 is 0.773 bits per heavy atom. The second-order valence-electron chi connectivity index (χ2n) is 7.37. The van der Waals surface area contributed by atoms with E-state index in [0.29, 0.717) is 5.92 Å². The smallest absolute Gasteiger partial charge is 0.0352 e. The van der Waals surface area contributed by atoms with Gasteiger partial charge in [-0.25, -0.2) is 0 Å². The molecule has 2 aromatic rings. The summed E-state index contributed by atoms with van der Waals surface area (Å²) in [6, 6.07) is 17.8. The molecule has 0 aliphatic heterocycles. The minimum Gasteiger partial charge on any atom is -0.0767 e. The van der Waals surface area contributed by atoms with E-state index >= 15 is 0 Å². The molecule has 0 fully saturated rings. The van der Waals surface area contributed by atoms with E-state index in [1.807, 2.05) is 0 Å². The van der Waals surface area contributed by atoms with Crippen molar-refractivity contribution in [2.24, 2.45) is 5.41 Å². The third-order valence-corrected chi connectivity index (χ3v) is 4.92. The molecule has 0 saturated heterocycles. The van der Waals surface area contributed by atoms with Gasteiger partial charge in [0.1, 0.15) is 0 Å². The fraction of sp³-hybridized carbons (Fsp3) is 0.273. The molecule has 0 atom stereocenters. The molecule has 0 bridgehead atoms. The molecule has 0 N–H and O–H groups in total. The number of hydrogen-bond donors (Lipinski definition) is 0. The third kappa shape index (κ3) is 1.90. The van der Waals surface area contributed by atoms with Crippen molar-refractivity contribution in [3.8, 4) is 11.1 Å². The summed E-state index contributed by atoms with van der Waals surface area (Å²) in [4.78, 5) is 0. The van der Waals surface area contributed by atoms with Crippen LogP contribution in [0.3, 0.4) is 0 Å². The minimum atomic E-state index is 0.203. The Balaban J connectivity index is 1.92. The molecule has 0 aromatic heterocycles. The average Bonchev–Trinajstić information content (AvgIpc) is 3.08. The van der Waals surface area contributed by atoms with Crippen molar-refractivity contribution in [3.63, 3.8) is 0 Å². The van der Waals surface area contributed by atoms with Crippen LogP contribution >= 0.6 is 0 Å². The van der Waals surface area contributed by atoms with Gasteiger partial charge >= 0.3 is 0 Å². The highest BCUT2D eigenvalue weighted by Gasteiger charge is 2.35. The van der Waals surface area contributed by atoms with E-state index in [2.05, 4.69) is 81.5 Å². The van der Waals surface area contributed by atoms with E-state index in [0.717, 1.165) is 6.42 Å². The van der Waals surface area contributed by atoms with Crippen LogP contribution in [0.1, 0.15) is 44.2 Å². The van der Waals surface area contributed by atoms with Crippen LogP contribution in [0.2, 0.25) is 0 Å². The number of rotatable bonds is 1. The zero-order valence-corrected chi connectivity index (χ0v) is 13.6. The van der Waals surface area contributed by atoms with Gasteiger partial charge < -0.3 is 0 Å². The van der Waals surface area contributed by atoms with Crippen LogP contribution in [-0.4, -0.2) is 0 Å². The van der Waals surface area contributed by atoms with Crippen LogP contribution in [0.15, 0.2) is 71.8 Å².